The van der Waals surface area contributed by atoms with Crippen LogP contribution in [0.5, 0.6) is 0 Å². The zero-order valence-electron chi connectivity index (χ0n) is 19.2. The number of benzene rings is 3. The third-order valence-electron chi connectivity index (χ3n) is 6.46. The van der Waals surface area contributed by atoms with Crippen molar-refractivity contribution in [3.05, 3.63) is 98.6 Å². The number of carbonyl (C=O) groups is 3. The van der Waals surface area contributed by atoms with Crippen LogP contribution in [0.3, 0.4) is 0 Å². The highest BCUT2D eigenvalue weighted by molar-refractivity contribution is 6.31. The molecule has 2 unspecified atom stereocenters. The van der Waals surface area contributed by atoms with Crippen molar-refractivity contribution in [1.82, 2.24) is 10.6 Å². The Morgan fingerprint density at radius 1 is 1.00 bits per heavy atom. The highest BCUT2D eigenvalue weighted by Crippen LogP contribution is 2.42. The van der Waals surface area contributed by atoms with Crippen molar-refractivity contribution in [3.8, 4) is 0 Å². The summed E-state index contributed by atoms with van der Waals surface area (Å²) in [7, 11) is 0. The van der Waals surface area contributed by atoms with E-state index in [0.717, 1.165) is 12.1 Å². The minimum Gasteiger partial charge on any atom is -0.355 e. The quantitative estimate of drug-likeness (QED) is 0.385. The molecule has 196 valence electrons. The third-order valence-corrected chi connectivity index (χ3v) is 6.81. The molecule has 2 aliphatic rings. The number of hydrogen-bond donors (Lipinski definition) is 3. The van der Waals surface area contributed by atoms with E-state index in [1.54, 1.807) is 6.07 Å². The number of carbonyl (C=O) groups excluding carboxylic acids is 3. The van der Waals surface area contributed by atoms with Crippen molar-refractivity contribution in [1.29, 1.82) is 0 Å². The van der Waals surface area contributed by atoms with E-state index in [0.29, 0.717) is 17.7 Å². The van der Waals surface area contributed by atoms with Crippen LogP contribution in [0.15, 0.2) is 48.5 Å². The number of anilines is 1. The van der Waals surface area contributed by atoms with E-state index in [1.165, 1.54) is 12.1 Å². The lowest BCUT2D eigenvalue weighted by Crippen LogP contribution is -2.21. The highest BCUT2D eigenvalue weighted by Gasteiger charge is 2.37. The smallest absolute Gasteiger partial charge is 0.355 e. The zero-order valence-corrected chi connectivity index (χ0v) is 19.9. The van der Waals surface area contributed by atoms with Gasteiger partial charge in [0.1, 0.15) is 11.6 Å². The number of fused-ring (bicyclic) bond motifs is 1. The van der Waals surface area contributed by atoms with E-state index < -0.39 is 46.8 Å². The first kappa shape index (κ1) is 25.7. The van der Waals surface area contributed by atoms with E-state index in [-0.39, 0.29) is 58.3 Å². The van der Waals surface area contributed by atoms with Gasteiger partial charge in [-0.15, -0.1) is 0 Å². The Hall–Kier alpha value is -3.99. The van der Waals surface area contributed by atoms with E-state index in [4.69, 9.17) is 11.6 Å². The fourth-order valence-electron chi connectivity index (χ4n) is 4.68. The predicted octanol–water partition coefficient (Wildman–Crippen LogP) is 5.33. The van der Waals surface area contributed by atoms with Gasteiger partial charge in [-0.05, 0) is 54.1 Å². The number of amides is 3. The number of rotatable bonds is 4. The van der Waals surface area contributed by atoms with Crippen LogP contribution in [-0.4, -0.2) is 24.3 Å². The maximum atomic E-state index is 14.1. The van der Waals surface area contributed by atoms with Crippen molar-refractivity contribution in [3.63, 3.8) is 0 Å². The van der Waals surface area contributed by atoms with Crippen molar-refractivity contribution >= 4 is 35.0 Å². The molecule has 2 heterocycles. The van der Waals surface area contributed by atoms with E-state index >= 15 is 0 Å². The minimum atomic E-state index is -4.89. The molecule has 3 aromatic carbocycles. The lowest BCUT2D eigenvalue weighted by molar-refractivity contribution is -0.137. The number of hydrogen-bond acceptors (Lipinski definition) is 3. The summed E-state index contributed by atoms with van der Waals surface area (Å²) in [6.45, 7) is 0.268. The third kappa shape index (κ3) is 4.81. The normalized spacial score (nSPS) is 18.7. The second-order valence-corrected chi connectivity index (χ2v) is 9.39. The molecule has 3 N–H and O–H groups in total. The Bertz CT molecular complexity index is 1510. The first-order valence-electron chi connectivity index (χ1n) is 11.3. The first-order valence-corrected chi connectivity index (χ1v) is 11.7. The molecule has 2 aliphatic heterocycles. The van der Waals surface area contributed by atoms with Crippen LogP contribution in [0, 0.1) is 11.6 Å². The summed E-state index contributed by atoms with van der Waals surface area (Å²) in [5.74, 6) is -4.10. The van der Waals surface area contributed by atoms with Crippen molar-refractivity contribution in [2.75, 3.05) is 11.9 Å². The Labute approximate surface area is 217 Å². The van der Waals surface area contributed by atoms with Gasteiger partial charge in [-0.1, -0.05) is 11.6 Å². The van der Waals surface area contributed by atoms with Gasteiger partial charge in [0, 0.05) is 51.8 Å². The molecule has 38 heavy (non-hydrogen) atoms. The SMILES string of the molecule is O=C1CC(c2cc(NC(=O)c3cc(F)cc(C(F)(F)F)c3)c3c(c2)C(=O)NC3c2cc(F)ccc2Cl)CN1. The van der Waals surface area contributed by atoms with Crippen molar-refractivity contribution < 1.29 is 36.3 Å². The monoisotopic (exact) mass is 549 g/mol. The van der Waals surface area contributed by atoms with Gasteiger partial charge in [0.05, 0.1) is 11.6 Å². The molecule has 0 bridgehead atoms. The summed E-state index contributed by atoms with van der Waals surface area (Å²) in [6, 6.07) is 6.99. The van der Waals surface area contributed by atoms with Gasteiger partial charge in [-0.25, -0.2) is 8.78 Å². The topological polar surface area (TPSA) is 87.3 Å². The molecule has 0 radical (unpaired) electrons. The van der Waals surface area contributed by atoms with E-state index in [2.05, 4.69) is 16.0 Å². The molecule has 12 heteroatoms. The predicted molar refractivity (Wildman–Crippen MR) is 127 cm³/mol. The summed E-state index contributed by atoms with van der Waals surface area (Å²) >= 11 is 6.27. The molecule has 3 aromatic rings. The van der Waals surface area contributed by atoms with Crippen LogP contribution >= 0.6 is 11.6 Å². The standard InChI is InChI=1S/C26H17ClF5N3O3/c27-19-2-1-15(28)9-17(19)23-22-18(25(38)35-23)5-11(13-7-21(36)33-10-13)6-20(22)34-24(37)12-3-14(26(30,31)32)8-16(29)4-12/h1-6,8-9,13,23H,7,10H2,(H,33,36)(H,34,37)(H,35,38). The second-order valence-electron chi connectivity index (χ2n) is 8.99. The van der Waals surface area contributed by atoms with Crippen molar-refractivity contribution in [2.45, 2.75) is 24.6 Å². The molecule has 0 spiro atoms. The van der Waals surface area contributed by atoms with Crippen LogP contribution in [0.4, 0.5) is 27.6 Å². The number of alkyl halides is 3. The van der Waals surface area contributed by atoms with E-state index in [1.807, 2.05) is 0 Å². The van der Waals surface area contributed by atoms with Gasteiger partial charge < -0.3 is 16.0 Å². The first-order chi connectivity index (χ1) is 17.9. The largest absolute Gasteiger partial charge is 0.416 e. The number of nitrogens with one attached hydrogen (secondary N) is 3. The summed E-state index contributed by atoms with van der Waals surface area (Å²) < 4.78 is 67.7. The van der Waals surface area contributed by atoms with Gasteiger partial charge >= 0.3 is 6.18 Å². The molecule has 1 fully saturated rings. The molecule has 0 saturated carbocycles. The van der Waals surface area contributed by atoms with Gasteiger partial charge in [-0.3, -0.25) is 14.4 Å². The average Bonchev–Trinajstić information content (AvgIpc) is 3.43. The van der Waals surface area contributed by atoms with Crippen LogP contribution in [-0.2, 0) is 11.0 Å². The Kier molecular flexibility index (Phi) is 6.34. The van der Waals surface area contributed by atoms with Gasteiger partial charge in [0.2, 0.25) is 5.91 Å². The van der Waals surface area contributed by atoms with Crippen LogP contribution in [0.25, 0.3) is 0 Å². The lowest BCUT2D eigenvalue weighted by Gasteiger charge is -2.20. The van der Waals surface area contributed by atoms with Gasteiger partial charge in [0.15, 0.2) is 0 Å². The van der Waals surface area contributed by atoms with Crippen LogP contribution in [0.1, 0.15) is 61.4 Å². The lowest BCUT2D eigenvalue weighted by atomic mass is 9.90. The van der Waals surface area contributed by atoms with Crippen LogP contribution in [0.2, 0.25) is 5.02 Å². The molecular weight excluding hydrogens is 533 g/mol. The maximum Gasteiger partial charge on any atom is 0.416 e. The minimum absolute atomic E-state index is 0.0170. The maximum absolute atomic E-state index is 14.1. The number of halogens is 6. The Morgan fingerprint density at radius 2 is 1.76 bits per heavy atom. The molecule has 3 amide bonds. The summed E-state index contributed by atoms with van der Waals surface area (Å²) in [5.41, 5.74) is -0.936. The Morgan fingerprint density at radius 3 is 2.45 bits per heavy atom. The molecule has 1 saturated heterocycles. The van der Waals surface area contributed by atoms with Gasteiger partial charge in [-0.2, -0.15) is 13.2 Å². The average molecular weight is 550 g/mol. The summed E-state index contributed by atoms with van der Waals surface area (Å²) in [4.78, 5) is 37.8. The molecular formula is C26H17ClF5N3O3. The molecule has 6 nitrogen and oxygen atoms in total. The summed E-state index contributed by atoms with van der Waals surface area (Å²) in [5, 5.41) is 7.97. The fourth-order valence-corrected chi connectivity index (χ4v) is 4.91. The summed E-state index contributed by atoms with van der Waals surface area (Å²) in [6.07, 6.45) is -4.78. The Balaban J connectivity index is 1.62. The second kappa shape index (κ2) is 9.39. The fraction of sp³-hybridized carbons (Fsp3) is 0.192. The van der Waals surface area contributed by atoms with Gasteiger partial charge in [0.25, 0.3) is 11.8 Å². The molecule has 2 atom stereocenters. The van der Waals surface area contributed by atoms with Crippen molar-refractivity contribution in [2.24, 2.45) is 0 Å². The molecule has 0 aliphatic carbocycles. The molecule has 0 aromatic heterocycles. The highest BCUT2D eigenvalue weighted by atomic mass is 35.5. The van der Waals surface area contributed by atoms with E-state index in [9.17, 15) is 36.3 Å². The molecule has 5 rings (SSSR count). The zero-order chi connectivity index (χ0) is 27.4. The van der Waals surface area contributed by atoms with Crippen LogP contribution < -0.4 is 16.0 Å².